The Labute approximate surface area is 147 Å². The number of nitrogens with zero attached hydrogens (tertiary/aromatic N) is 1. The number of anilines is 3. The maximum Gasteiger partial charge on any atom is 0.282 e. The Kier molecular flexibility index (Phi) is 7.62. The van der Waals surface area contributed by atoms with Gasteiger partial charge in [0.05, 0.1) is 21.9 Å². The first-order valence-electron chi connectivity index (χ1n) is 6.96. The number of nitrogens with two attached hydrogens (primary N) is 1. The fourth-order valence-electron chi connectivity index (χ4n) is 1.93. The Morgan fingerprint density at radius 3 is 1.81 bits per heavy atom. The number of nitro groups is 1. The average molecular weight is 358 g/mol. The van der Waals surface area contributed by atoms with Crippen LogP contribution in [-0.2, 0) is 9.59 Å². The molecule has 0 spiro atoms. The zero-order valence-corrected chi connectivity index (χ0v) is 13.2. The Hall–Kier alpha value is -4.08. The third-order valence-corrected chi connectivity index (χ3v) is 3.08. The molecular weight excluding hydrogens is 344 g/mol. The zero-order chi connectivity index (χ0) is 19.5. The van der Waals surface area contributed by atoms with Gasteiger partial charge in [0.15, 0.2) is 12.6 Å². The molecule has 0 aromatic heterocycles. The number of hydrogen-bond acceptors (Lipinski definition) is 7. The zero-order valence-electron chi connectivity index (χ0n) is 13.2. The molecule has 0 aliphatic heterocycles. The molecule has 0 bridgehead atoms. The van der Waals surface area contributed by atoms with Gasteiger partial charge in [-0.05, 0) is 18.2 Å². The van der Waals surface area contributed by atoms with Crippen molar-refractivity contribution in [2.24, 2.45) is 0 Å². The molecule has 2 rings (SSSR count). The largest absolute Gasteiger partial charge is 0.398 e. The van der Waals surface area contributed by atoms with Crippen molar-refractivity contribution in [1.29, 1.82) is 0 Å². The van der Waals surface area contributed by atoms with Gasteiger partial charge in [0.2, 0.25) is 12.8 Å². The highest BCUT2D eigenvalue weighted by Gasteiger charge is 2.16. The van der Waals surface area contributed by atoms with E-state index in [0.717, 1.165) is 0 Å². The van der Waals surface area contributed by atoms with Crippen molar-refractivity contribution in [2.45, 2.75) is 0 Å². The summed E-state index contributed by atoms with van der Waals surface area (Å²) in [6.45, 7) is 0. The highest BCUT2D eigenvalue weighted by atomic mass is 16.6. The minimum Gasteiger partial charge on any atom is -0.398 e. The van der Waals surface area contributed by atoms with Gasteiger partial charge in [0.25, 0.3) is 5.69 Å². The molecule has 10 nitrogen and oxygen atoms in total. The normalized spacial score (nSPS) is 9.08. The molecule has 0 heterocycles. The second kappa shape index (κ2) is 9.93. The molecule has 0 saturated heterocycles. The number of nitrogen functional groups attached to an aromatic ring is 1. The quantitative estimate of drug-likeness (QED) is 0.293. The number of nitrogens with one attached hydrogen (secondary N) is 2. The van der Waals surface area contributed by atoms with Gasteiger partial charge in [-0.2, -0.15) is 0 Å². The molecule has 0 unspecified atom stereocenters. The third-order valence-electron chi connectivity index (χ3n) is 3.08. The van der Waals surface area contributed by atoms with Gasteiger partial charge in [0.1, 0.15) is 5.56 Å². The molecule has 4 N–H and O–H groups in total. The van der Waals surface area contributed by atoms with Crippen LogP contribution in [0.5, 0.6) is 0 Å². The van der Waals surface area contributed by atoms with Crippen molar-refractivity contribution in [1.82, 2.24) is 0 Å². The SMILES string of the molecule is Nc1cccc(NC=O)c1C=O.O=CNc1cccc([N+](=O)[O-])c1C=O. The van der Waals surface area contributed by atoms with Crippen LogP contribution in [0.2, 0.25) is 0 Å². The molecule has 2 amide bonds. The number of amides is 2. The van der Waals surface area contributed by atoms with E-state index in [9.17, 15) is 29.3 Å². The van der Waals surface area contributed by atoms with E-state index in [1.165, 1.54) is 18.2 Å². The summed E-state index contributed by atoms with van der Waals surface area (Å²) in [6, 6.07) is 8.85. The molecule has 0 saturated carbocycles. The van der Waals surface area contributed by atoms with Gasteiger partial charge >= 0.3 is 0 Å². The Morgan fingerprint density at radius 1 is 0.846 bits per heavy atom. The maximum atomic E-state index is 10.6. The predicted octanol–water partition coefficient (Wildman–Crippen LogP) is 1.63. The standard InChI is InChI=1S/C8H6N2O4.C8H8N2O2/c11-4-6-7(9-5-12)2-1-3-8(6)10(13)14;9-7-2-1-3-8(10-5-12)6(7)4-11/h1-5H,(H,9,12);1-5H,9H2,(H,10,12). The number of hydrogen-bond donors (Lipinski definition) is 3. The summed E-state index contributed by atoms with van der Waals surface area (Å²) >= 11 is 0. The van der Waals surface area contributed by atoms with Crippen molar-refractivity contribution in [3.8, 4) is 0 Å². The summed E-state index contributed by atoms with van der Waals surface area (Å²) in [5, 5.41) is 15.0. The van der Waals surface area contributed by atoms with Crippen molar-refractivity contribution >= 4 is 48.1 Å². The fourth-order valence-corrected chi connectivity index (χ4v) is 1.93. The van der Waals surface area contributed by atoms with Crippen LogP contribution in [0.4, 0.5) is 22.7 Å². The second-order valence-corrected chi connectivity index (χ2v) is 4.56. The van der Waals surface area contributed by atoms with E-state index >= 15 is 0 Å². The molecule has 0 fully saturated rings. The van der Waals surface area contributed by atoms with Crippen molar-refractivity contribution in [2.75, 3.05) is 16.4 Å². The van der Waals surface area contributed by atoms with Gasteiger partial charge in [-0.15, -0.1) is 0 Å². The van der Waals surface area contributed by atoms with Gasteiger partial charge in [-0.3, -0.25) is 29.3 Å². The summed E-state index contributed by atoms with van der Waals surface area (Å²) < 4.78 is 0. The lowest BCUT2D eigenvalue weighted by molar-refractivity contribution is -0.385. The smallest absolute Gasteiger partial charge is 0.282 e. The third kappa shape index (κ3) is 4.96. The lowest BCUT2D eigenvalue weighted by atomic mass is 10.1. The Bertz CT molecular complexity index is 837. The maximum absolute atomic E-state index is 10.6. The van der Waals surface area contributed by atoms with Gasteiger partial charge < -0.3 is 16.4 Å². The van der Waals surface area contributed by atoms with E-state index in [0.29, 0.717) is 42.3 Å². The van der Waals surface area contributed by atoms with Crippen molar-refractivity contribution < 1.29 is 24.1 Å². The fraction of sp³-hybridized carbons (Fsp3) is 0. The Morgan fingerprint density at radius 2 is 1.35 bits per heavy atom. The van der Waals surface area contributed by atoms with Crippen molar-refractivity contribution in [3.63, 3.8) is 0 Å². The van der Waals surface area contributed by atoms with Crippen LogP contribution >= 0.6 is 0 Å². The van der Waals surface area contributed by atoms with Crippen LogP contribution in [0.1, 0.15) is 20.7 Å². The van der Waals surface area contributed by atoms with Crippen LogP contribution in [0.25, 0.3) is 0 Å². The molecule has 10 heteroatoms. The average Bonchev–Trinajstić information content (AvgIpc) is 2.63. The molecule has 0 radical (unpaired) electrons. The van der Waals surface area contributed by atoms with E-state index < -0.39 is 4.92 Å². The van der Waals surface area contributed by atoms with Crippen LogP contribution in [0, 0.1) is 10.1 Å². The molecule has 134 valence electrons. The summed E-state index contributed by atoms with van der Waals surface area (Å²) in [5.74, 6) is 0. The summed E-state index contributed by atoms with van der Waals surface area (Å²) in [6.07, 6.45) is 1.80. The van der Waals surface area contributed by atoms with E-state index in [4.69, 9.17) is 5.73 Å². The Balaban J connectivity index is 0.000000263. The minimum atomic E-state index is -0.681. The lowest BCUT2D eigenvalue weighted by Crippen LogP contribution is -2.01. The van der Waals surface area contributed by atoms with E-state index in [2.05, 4.69) is 10.6 Å². The molecular formula is C16H14N4O6. The molecule has 2 aromatic carbocycles. The molecule has 0 atom stereocenters. The van der Waals surface area contributed by atoms with E-state index in [1.54, 1.807) is 18.2 Å². The molecule has 0 aliphatic carbocycles. The van der Waals surface area contributed by atoms with Crippen LogP contribution < -0.4 is 16.4 Å². The molecule has 2 aromatic rings. The monoisotopic (exact) mass is 358 g/mol. The predicted molar refractivity (Wildman–Crippen MR) is 94.1 cm³/mol. The molecule has 26 heavy (non-hydrogen) atoms. The topological polar surface area (TPSA) is 162 Å². The minimum absolute atomic E-state index is 0.129. The van der Waals surface area contributed by atoms with Crippen molar-refractivity contribution in [3.05, 3.63) is 57.6 Å². The highest BCUT2D eigenvalue weighted by Crippen LogP contribution is 2.23. The first kappa shape index (κ1) is 20.0. The first-order chi connectivity index (χ1) is 12.5. The van der Waals surface area contributed by atoms with Gasteiger partial charge in [-0.1, -0.05) is 12.1 Å². The van der Waals surface area contributed by atoms with Gasteiger partial charge in [-0.25, -0.2) is 0 Å². The van der Waals surface area contributed by atoms with E-state index in [-0.39, 0.29) is 16.9 Å². The number of nitro benzene ring substituents is 1. The van der Waals surface area contributed by atoms with Gasteiger partial charge in [0, 0.05) is 11.8 Å². The summed E-state index contributed by atoms with van der Waals surface area (Å²) in [5.41, 5.74) is 6.24. The summed E-state index contributed by atoms with van der Waals surface area (Å²) in [4.78, 5) is 51.1. The second-order valence-electron chi connectivity index (χ2n) is 4.56. The number of aldehydes is 2. The summed E-state index contributed by atoms with van der Waals surface area (Å²) in [7, 11) is 0. The van der Waals surface area contributed by atoms with Crippen LogP contribution in [0.3, 0.4) is 0 Å². The van der Waals surface area contributed by atoms with Crippen LogP contribution in [0.15, 0.2) is 36.4 Å². The van der Waals surface area contributed by atoms with E-state index in [1.807, 2.05) is 0 Å². The first-order valence-corrected chi connectivity index (χ1v) is 6.96. The number of benzene rings is 2. The highest BCUT2D eigenvalue weighted by molar-refractivity contribution is 5.94. The number of carbonyl (C=O) groups is 4. The number of carbonyl (C=O) groups excluding carboxylic acids is 4. The molecule has 0 aliphatic rings. The van der Waals surface area contributed by atoms with Crippen LogP contribution in [-0.4, -0.2) is 30.3 Å². The lowest BCUT2D eigenvalue weighted by Gasteiger charge is -2.04. The number of rotatable bonds is 7.